The normalized spacial score (nSPS) is 10.9. The fourth-order valence-corrected chi connectivity index (χ4v) is 4.35. The first-order chi connectivity index (χ1) is 17.5. The van der Waals surface area contributed by atoms with E-state index in [0.717, 1.165) is 39.2 Å². The van der Waals surface area contributed by atoms with Crippen LogP contribution in [-0.2, 0) is 17.9 Å². The standard InChI is InChI=1S/C29H26N4O3/c1-20-28-25(22-9-5-3-6-10-22)17-27(35)32(29(28)33(31-20)23-11-7-4-8-12-23)19-26(34)30-18-21-13-15-24(36-2)16-14-21/h3-17H,18-19H2,1-2H3,(H,30,34). The Morgan fingerprint density at radius 2 is 1.61 bits per heavy atom. The van der Waals surface area contributed by atoms with Gasteiger partial charge in [0.25, 0.3) is 5.56 Å². The van der Waals surface area contributed by atoms with E-state index in [1.807, 2.05) is 91.9 Å². The Labute approximate surface area is 208 Å². The quantitative estimate of drug-likeness (QED) is 0.374. The van der Waals surface area contributed by atoms with Crippen LogP contribution in [0.1, 0.15) is 11.3 Å². The van der Waals surface area contributed by atoms with Gasteiger partial charge >= 0.3 is 0 Å². The third-order valence-electron chi connectivity index (χ3n) is 6.13. The number of pyridine rings is 1. The first-order valence-corrected chi connectivity index (χ1v) is 11.7. The van der Waals surface area contributed by atoms with E-state index in [1.165, 1.54) is 4.57 Å². The summed E-state index contributed by atoms with van der Waals surface area (Å²) < 4.78 is 8.43. The average molecular weight is 479 g/mol. The molecule has 0 aliphatic heterocycles. The molecule has 180 valence electrons. The van der Waals surface area contributed by atoms with Crippen molar-refractivity contribution in [3.8, 4) is 22.6 Å². The Bertz CT molecular complexity index is 1570. The monoisotopic (exact) mass is 478 g/mol. The molecular weight excluding hydrogens is 452 g/mol. The number of ether oxygens (including phenoxy) is 1. The van der Waals surface area contributed by atoms with Crippen molar-refractivity contribution in [3.63, 3.8) is 0 Å². The highest BCUT2D eigenvalue weighted by Gasteiger charge is 2.20. The van der Waals surface area contributed by atoms with Gasteiger partial charge in [-0.2, -0.15) is 5.10 Å². The molecule has 0 radical (unpaired) electrons. The van der Waals surface area contributed by atoms with Gasteiger partial charge in [-0.25, -0.2) is 4.68 Å². The molecule has 1 N–H and O–H groups in total. The summed E-state index contributed by atoms with van der Waals surface area (Å²) in [5.74, 6) is 0.488. The molecule has 0 saturated carbocycles. The smallest absolute Gasteiger partial charge is 0.253 e. The van der Waals surface area contributed by atoms with Crippen LogP contribution in [0.15, 0.2) is 95.8 Å². The minimum atomic E-state index is -0.266. The molecule has 0 bridgehead atoms. The number of nitrogens with zero attached hydrogens (tertiary/aromatic N) is 3. The number of hydrogen-bond donors (Lipinski definition) is 1. The summed E-state index contributed by atoms with van der Waals surface area (Å²) in [6, 6.07) is 28.5. The molecule has 5 rings (SSSR count). The van der Waals surface area contributed by atoms with E-state index in [0.29, 0.717) is 12.2 Å². The van der Waals surface area contributed by atoms with Crippen molar-refractivity contribution in [3.05, 3.63) is 113 Å². The summed E-state index contributed by atoms with van der Waals surface area (Å²) in [6.07, 6.45) is 0. The number of rotatable bonds is 7. The molecule has 0 aliphatic carbocycles. The van der Waals surface area contributed by atoms with Gasteiger partial charge in [0.1, 0.15) is 17.9 Å². The van der Waals surface area contributed by atoms with Crippen molar-refractivity contribution in [1.29, 1.82) is 0 Å². The summed E-state index contributed by atoms with van der Waals surface area (Å²) in [6.45, 7) is 2.14. The second-order valence-electron chi connectivity index (χ2n) is 8.50. The number of benzene rings is 3. The SMILES string of the molecule is COc1ccc(CNC(=O)Cn2c(=O)cc(-c3ccccc3)c3c(C)nn(-c4ccccc4)c32)cc1. The molecule has 7 heteroatoms. The second kappa shape index (κ2) is 9.92. The molecule has 0 spiro atoms. The molecule has 3 aromatic carbocycles. The van der Waals surface area contributed by atoms with Crippen molar-refractivity contribution in [2.24, 2.45) is 0 Å². The first kappa shape index (κ1) is 23.1. The molecule has 5 aromatic rings. The summed E-state index contributed by atoms with van der Waals surface area (Å²) >= 11 is 0. The molecular formula is C29H26N4O3. The highest BCUT2D eigenvalue weighted by Crippen LogP contribution is 2.31. The molecule has 0 fully saturated rings. The maximum atomic E-state index is 13.4. The summed E-state index contributed by atoms with van der Waals surface area (Å²) in [5.41, 5.74) is 4.57. The van der Waals surface area contributed by atoms with Crippen molar-refractivity contribution >= 4 is 16.9 Å². The highest BCUT2D eigenvalue weighted by atomic mass is 16.5. The van der Waals surface area contributed by atoms with Gasteiger partial charge in [0.15, 0.2) is 0 Å². The van der Waals surface area contributed by atoms with Crippen LogP contribution in [0.2, 0.25) is 0 Å². The zero-order chi connectivity index (χ0) is 25.1. The number of hydrogen-bond acceptors (Lipinski definition) is 4. The van der Waals surface area contributed by atoms with Gasteiger partial charge in [-0.15, -0.1) is 0 Å². The van der Waals surface area contributed by atoms with E-state index >= 15 is 0 Å². The van der Waals surface area contributed by atoms with E-state index < -0.39 is 0 Å². The maximum Gasteiger partial charge on any atom is 0.253 e. The Kier molecular flexibility index (Phi) is 6.36. The van der Waals surface area contributed by atoms with Crippen LogP contribution in [0.3, 0.4) is 0 Å². The van der Waals surface area contributed by atoms with Crippen LogP contribution in [0.25, 0.3) is 27.8 Å². The summed E-state index contributed by atoms with van der Waals surface area (Å²) in [4.78, 5) is 26.4. The average Bonchev–Trinajstić information content (AvgIpc) is 3.27. The second-order valence-corrected chi connectivity index (χ2v) is 8.50. The van der Waals surface area contributed by atoms with Crippen LogP contribution in [0, 0.1) is 6.92 Å². The van der Waals surface area contributed by atoms with E-state index in [2.05, 4.69) is 5.32 Å². The van der Waals surface area contributed by atoms with E-state index in [1.54, 1.807) is 17.9 Å². The number of aromatic nitrogens is 3. The Morgan fingerprint density at radius 1 is 0.944 bits per heavy atom. The molecule has 36 heavy (non-hydrogen) atoms. The fraction of sp³-hybridized carbons (Fsp3) is 0.138. The van der Waals surface area contributed by atoms with Crippen molar-refractivity contribution < 1.29 is 9.53 Å². The number of fused-ring (bicyclic) bond motifs is 1. The third kappa shape index (κ3) is 4.51. The van der Waals surface area contributed by atoms with Crippen molar-refractivity contribution in [1.82, 2.24) is 19.7 Å². The first-order valence-electron chi connectivity index (χ1n) is 11.7. The van der Waals surface area contributed by atoms with Gasteiger partial charge in [-0.3, -0.25) is 14.2 Å². The van der Waals surface area contributed by atoms with Crippen LogP contribution < -0.4 is 15.6 Å². The van der Waals surface area contributed by atoms with E-state index in [9.17, 15) is 9.59 Å². The summed E-state index contributed by atoms with van der Waals surface area (Å²) in [7, 11) is 1.61. The molecule has 1 amide bonds. The van der Waals surface area contributed by atoms with Crippen LogP contribution in [-0.4, -0.2) is 27.4 Å². The molecule has 2 heterocycles. The Hall–Kier alpha value is -4.65. The molecule has 0 saturated heterocycles. The topological polar surface area (TPSA) is 78.2 Å². The lowest BCUT2D eigenvalue weighted by molar-refractivity contribution is -0.121. The van der Waals surface area contributed by atoms with Crippen molar-refractivity contribution in [2.75, 3.05) is 7.11 Å². The minimum Gasteiger partial charge on any atom is -0.497 e. The highest BCUT2D eigenvalue weighted by molar-refractivity contribution is 5.96. The third-order valence-corrected chi connectivity index (χ3v) is 6.13. The largest absolute Gasteiger partial charge is 0.497 e. The van der Waals surface area contributed by atoms with Gasteiger partial charge in [0.05, 0.1) is 18.5 Å². The van der Waals surface area contributed by atoms with Crippen LogP contribution in [0.4, 0.5) is 0 Å². The van der Waals surface area contributed by atoms with Gasteiger partial charge in [0.2, 0.25) is 5.91 Å². The van der Waals surface area contributed by atoms with Gasteiger partial charge < -0.3 is 10.1 Å². The number of nitrogens with one attached hydrogen (secondary N) is 1. The molecule has 0 aliphatic rings. The van der Waals surface area contributed by atoms with Gasteiger partial charge in [0, 0.05) is 18.0 Å². The molecule has 2 aromatic heterocycles. The van der Waals surface area contributed by atoms with E-state index in [-0.39, 0.29) is 18.0 Å². The predicted molar refractivity (Wildman–Crippen MR) is 140 cm³/mol. The number of carbonyl (C=O) groups is 1. The Balaban J connectivity index is 1.57. The number of para-hydroxylation sites is 1. The maximum absolute atomic E-state index is 13.4. The van der Waals surface area contributed by atoms with Gasteiger partial charge in [-0.1, -0.05) is 60.7 Å². The zero-order valence-corrected chi connectivity index (χ0v) is 20.1. The van der Waals surface area contributed by atoms with Gasteiger partial charge in [-0.05, 0) is 47.9 Å². The number of amides is 1. The lowest BCUT2D eigenvalue weighted by Gasteiger charge is -2.14. The lowest BCUT2D eigenvalue weighted by atomic mass is 10.0. The van der Waals surface area contributed by atoms with Crippen LogP contribution in [0.5, 0.6) is 5.75 Å². The fourth-order valence-electron chi connectivity index (χ4n) is 4.35. The molecule has 0 unspecified atom stereocenters. The predicted octanol–water partition coefficient (Wildman–Crippen LogP) is 4.49. The zero-order valence-electron chi connectivity index (χ0n) is 20.1. The van der Waals surface area contributed by atoms with E-state index in [4.69, 9.17) is 9.84 Å². The molecule has 0 atom stereocenters. The Morgan fingerprint density at radius 3 is 2.28 bits per heavy atom. The number of carbonyl (C=O) groups excluding carboxylic acids is 1. The van der Waals surface area contributed by atoms with Crippen LogP contribution >= 0.6 is 0 Å². The summed E-state index contributed by atoms with van der Waals surface area (Å²) in [5, 5.41) is 8.54. The number of methoxy groups -OCH3 is 1. The lowest BCUT2D eigenvalue weighted by Crippen LogP contribution is -2.32. The minimum absolute atomic E-state index is 0.126. The number of aryl methyl sites for hydroxylation is 1. The molecule has 7 nitrogen and oxygen atoms in total. The van der Waals surface area contributed by atoms with Crippen molar-refractivity contribution in [2.45, 2.75) is 20.0 Å².